The second kappa shape index (κ2) is 5.07. The number of nitrogens with one attached hydrogen (secondary N) is 1. The molecule has 3 nitrogen and oxygen atoms in total. The Hall–Kier alpha value is -1.06. The zero-order valence-corrected chi connectivity index (χ0v) is 10.0. The molecule has 1 aromatic rings. The fraction of sp³-hybridized carbons (Fsp3) is 0.571. The molecule has 0 radical (unpaired) electrons. The highest BCUT2D eigenvalue weighted by molar-refractivity contribution is 5.37. The molecular formula is C14H19NO2. The van der Waals surface area contributed by atoms with Crippen LogP contribution in [0, 0.1) is 0 Å². The number of hydrogen-bond donors (Lipinski definition) is 1. The lowest BCUT2D eigenvalue weighted by atomic mass is 10.1. The van der Waals surface area contributed by atoms with Crippen molar-refractivity contribution in [3.05, 3.63) is 29.8 Å². The molecule has 2 atom stereocenters. The molecule has 1 aromatic carbocycles. The molecule has 3 heteroatoms. The van der Waals surface area contributed by atoms with Gasteiger partial charge in [-0.1, -0.05) is 18.2 Å². The van der Waals surface area contributed by atoms with Gasteiger partial charge < -0.3 is 14.8 Å². The van der Waals surface area contributed by atoms with Crippen LogP contribution < -0.4 is 10.1 Å². The van der Waals surface area contributed by atoms with Crippen LogP contribution in [0.15, 0.2) is 24.3 Å². The number of piperidine rings is 1. The Labute approximate surface area is 102 Å². The van der Waals surface area contributed by atoms with E-state index in [0.717, 1.165) is 25.3 Å². The molecule has 1 N–H and O–H groups in total. The first-order chi connectivity index (χ1) is 8.42. The Morgan fingerprint density at radius 1 is 1.35 bits per heavy atom. The predicted molar refractivity (Wildman–Crippen MR) is 66.4 cm³/mol. The number of benzene rings is 1. The van der Waals surface area contributed by atoms with E-state index in [-0.39, 0.29) is 6.10 Å². The minimum Gasteiger partial charge on any atom is -0.487 e. The summed E-state index contributed by atoms with van der Waals surface area (Å²) < 4.78 is 11.8. The average molecular weight is 233 g/mol. The molecule has 17 heavy (non-hydrogen) atoms. The first-order valence-corrected chi connectivity index (χ1v) is 6.49. The summed E-state index contributed by atoms with van der Waals surface area (Å²) in [6.45, 7) is 2.83. The number of ether oxygens (including phenoxy) is 2. The molecule has 0 spiro atoms. The van der Waals surface area contributed by atoms with Crippen LogP contribution in [0.1, 0.15) is 18.4 Å². The van der Waals surface area contributed by atoms with Gasteiger partial charge in [-0.05, 0) is 31.0 Å². The van der Waals surface area contributed by atoms with Crippen LogP contribution >= 0.6 is 0 Å². The van der Waals surface area contributed by atoms with Crippen LogP contribution in [-0.2, 0) is 11.2 Å². The van der Waals surface area contributed by atoms with Gasteiger partial charge >= 0.3 is 0 Å². The third-order valence-corrected chi connectivity index (χ3v) is 3.48. The topological polar surface area (TPSA) is 30.5 Å². The summed E-state index contributed by atoms with van der Waals surface area (Å²) >= 11 is 0. The Bertz CT molecular complexity index is 349. The normalized spacial score (nSPS) is 27.5. The fourth-order valence-electron chi connectivity index (χ4n) is 2.55. The van der Waals surface area contributed by atoms with Gasteiger partial charge in [0.25, 0.3) is 0 Å². The van der Waals surface area contributed by atoms with E-state index in [0.29, 0.717) is 12.7 Å². The Morgan fingerprint density at radius 2 is 2.29 bits per heavy atom. The highest BCUT2D eigenvalue weighted by atomic mass is 16.5. The van der Waals surface area contributed by atoms with E-state index in [4.69, 9.17) is 9.47 Å². The van der Waals surface area contributed by atoms with Gasteiger partial charge in [-0.15, -0.1) is 0 Å². The van der Waals surface area contributed by atoms with Crippen molar-refractivity contribution in [2.75, 3.05) is 19.7 Å². The molecule has 0 aliphatic carbocycles. The van der Waals surface area contributed by atoms with Gasteiger partial charge in [0.1, 0.15) is 11.9 Å². The van der Waals surface area contributed by atoms with Crippen molar-refractivity contribution in [3.63, 3.8) is 0 Å². The quantitative estimate of drug-likeness (QED) is 0.863. The molecule has 0 bridgehead atoms. The molecule has 2 heterocycles. The lowest BCUT2D eigenvalue weighted by Crippen LogP contribution is -2.37. The zero-order chi connectivity index (χ0) is 11.5. The summed E-state index contributed by atoms with van der Waals surface area (Å²) in [6.07, 6.45) is 3.95. The van der Waals surface area contributed by atoms with Gasteiger partial charge in [0.2, 0.25) is 0 Å². The van der Waals surface area contributed by atoms with Crippen LogP contribution in [0.5, 0.6) is 5.75 Å². The van der Waals surface area contributed by atoms with Gasteiger partial charge in [0.05, 0.1) is 12.7 Å². The van der Waals surface area contributed by atoms with Gasteiger partial charge in [-0.2, -0.15) is 0 Å². The molecule has 0 aromatic heterocycles. The Kier molecular flexibility index (Phi) is 3.29. The monoisotopic (exact) mass is 233 g/mol. The number of fused-ring (bicyclic) bond motifs is 1. The first-order valence-electron chi connectivity index (χ1n) is 6.49. The van der Waals surface area contributed by atoms with Gasteiger partial charge in [-0.25, -0.2) is 0 Å². The largest absolute Gasteiger partial charge is 0.487 e. The van der Waals surface area contributed by atoms with Gasteiger partial charge in [0.15, 0.2) is 0 Å². The Morgan fingerprint density at radius 3 is 3.12 bits per heavy atom. The number of rotatable bonds is 3. The van der Waals surface area contributed by atoms with E-state index in [1.165, 1.54) is 18.4 Å². The van der Waals surface area contributed by atoms with E-state index in [2.05, 4.69) is 17.4 Å². The maximum Gasteiger partial charge on any atom is 0.126 e. The van der Waals surface area contributed by atoms with E-state index >= 15 is 0 Å². The molecule has 1 fully saturated rings. The molecule has 0 saturated carbocycles. The molecule has 92 valence electrons. The molecule has 3 rings (SSSR count). The van der Waals surface area contributed by atoms with Crippen molar-refractivity contribution in [2.45, 2.75) is 31.5 Å². The standard InChI is InChI=1S/C14H19NO2/c1-2-6-14-11(4-1)8-13(17-14)10-16-12-5-3-7-15-9-12/h1-2,4,6,12-13,15H,3,5,7-10H2/t12-,13?/m0/s1. The molecule has 1 unspecified atom stereocenters. The van der Waals surface area contributed by atoms with Crippen molar-refractivity contribution >= 4 is 0 Å². The molecular weight excluding hydrogens is 214 g/mol. The van der Waals surface area contributed by atoms with Crippen molar-refractivity contribution in [1.82, 2.24) is 5.32 Å². The smallest absolute Gasteiger partial charge is 0.126 e. The van der Waals surface area contributed by atoms with E-state index in [1.54, 1.807) is 0 Å². The predicted octanol–water partition coefficient (Wildman–Crippen LogP) is 1.76. The molecule has 2 aliphatic rings. The number of hydrogen-bond acceptors (Lipinski definition) is 3. The minimum atomic E-state index is 0.203. The maximum absolute atomic E-state index is 5.91. The van der Waals surface area contributed by atoms with Crippen LogP contribution in [0.2, 0.25) is 0 Å². The van der Waals surface area contributed by atoms with Gasteiger partial charge in [-0.3, -0.25) is 0 Å². The number of para-hydroxylation sites is 1. The lowest BCUT2D eigenvalue weighted by molar-refractivity contribution is -0.00365. The summed E-state index contributed by atoms with van der Waals surface area (Å²) in [5.74, 6) is 1.03. The van der Waals surface area contributed by atoms with Crippen molar-refractivity contribution < 1.29 is 9.47 Å². The zero-order valence-electron chi connectivity index (χ0n) is 10.0. The second-order valence-electron chi connectivity index (χ2n) is 4.85. The summed E-state index contributed by atoms with van der Waals surface area (Å²) in [5, 5.41) is 3.36. The SMILES string of the molecule is c1ccc2c(c1)CC(CO[C@H]1CCCNC1)O2. The third-order valence-electron chi connectivity index (χ3n) is 3.48. The van der Waals surface area contributed by atoms with E-state index in [9.17, 15) is 0 Å². The molecule has 1 saturated heterocycles. The van der Waals surface area contributed by atoms with E-state index in [1.807, 2.05) is 12.1 Å². The summed E-state index contributed by atoms with van der Waals surface area (Å²) in [6, 6.07) is 8.26. The molecule has 0 amide bonds. The highest BCUT2D eigenvalue weighted by Crippen LogP contribution is 2.28. The van der Waals surface area contributed by atoms with Crippen LogP contribution in [0.25, 0.3) is 0 Å². The Balaban J connectivity index is 1.48. The fourth-order valence-corrected chi connectivity index (χ4v) is 2.55. The van der Waals surface area contributed by atoms with Crippen LogP contribution in [0.4, 0.5) is 0 Å². The maximum atomic E-state index is 5.91. The minimum absolute atomic E-state index is 0.203. The van der Waals surface area contributed by atoms with Crippen molar-refractivity contribution in [2.24, 2.45) is 0 Å². The third kappa shape index (κ3) is 2.61. The lowest BCUT2D eigenvalue weighted by Gasteiger charge is -2.24. The summed E-state index contributed by atoms with van der Waals surface area (Å²) in [4.78, 5) is 0. The van der Waals surface area contributed by atoms with Crippen molar-refractivity contribution in [1.29, 1.82) is 0 Å². The van der Waals surface area contributed by atoms with Crippen LogP contribution in [0.3, 0.4) is 0 Å². The van der Waals surface area contributed by atoms with Crippen molar-refractivity contribution in [3.8, 4) is 5.75 Å². The average Bonchev–Trinajstić information content (AvgIpc) is 2.80. The highest BCUT2D eigenvalue weighted by Gasteiger charge is 2.24. The van der Waals surface area contributed by atoms with E-state index < -0.39 is 0 Å². The molecule has 2 aliphatic heterocycles. The second-order valence-corrected chi connectivity index (χ2v) is 4.85. The van der Waals surface area contributed by atoms with Gasteiger partial charge in [0, 0.05) is 13.0 Å². The first kappa shape index (κ1) is 11.1. The summed E-state index contributed by atoms with van der Waals surface area (Å²) in [7, 11) is 0. The summed E-state index contributed by atoms with van der Waals surface area (Å²) in [5.41, 5.74) is 1.31. The van der Waals surface area contributed by atoms with Crippen LogP contribution in [-0.4, -0.2) is 31.9 Å².